The molecule has 0 bridgehead atoms. The van der Waals surface area contributed by atoms with Gasteiger partial charge in [-0.3, -0.25) is 0 Å². The standard InChI is InChI=1S/C13H15BrO4.C13H15NO7.C2H3N.Ag.HNO3/c1-13(2)17-11-8-9(16-7-3-6-14)4-5-10(11)12(15)18-13;1-13(2)20-11-8-9(4-5-10(11)12(15)21-13)18-6-3-7-19-14(16)17;1-2-3;;2-1(3)4/h4-5,8H,3,6-7H2,1-2H3;4-5,8H,3,6-7H2,1-2H3;1H3;;(H,2,3,4). The first kappa shape index (κ1) is 42.7. The van der Waals surface area contributed by atoms with Gasteiger partial charge in [0.2, 0.25) is 11.6 Å². The Labute approximate surface area is 293 Å². The number of benzene rings is 2. The van der Waals surface area contributed by atoms with E-state index in [0.29, 0.717) is 47.2 Å². The van der Waals surface area contributed by atoms with E-state index in [0.717, 1.165) is 11.8 Å². The zero-order valence-corrected chi connectivity index (χ0v) is 29.1. The van der Waals surface area contributed by atoms with E-state index in [2.05, 4.69) is 20.8 Å². The Hall–Kier alpha value is -4.31. The number of ether oxygens (including phenoxy) is 6. The van der Waals surface area contributed by atoms with Gasteiger partial charge >= 0.3 is 11.9 Å². The molecule has 2 aliphatic rings. The number of hydrogen-bond donors (Lipinski definition) is 1. The molecule has 0 aromatic heterocycles. The maximum absolute atomic E-state index is 11.8. The van der Waals surface area contributed by atoms with Gasteiger partial charge in [-0.2, -0.15) is 5.26 Å². The molecule has 0 aliphatic carbocycles. The van der Waals surface area contributed by atoms with E-state index in [1.807, 2.05) is 0 Å². The van der Waals surface area contributed by atoms with Crippen molar-refractivity contribution in [2.24, 2.45) is 0 Å². The molecule has 2 aromatic rings. The van der Waals surface area contributed by atoms with Crippen molar-refractivity contribution in [1.82, 2.24) is 0 Å². The second-order valence-electron chi connectivity index (χ2n) is 9.71. The number of halogens is 1. The van der Waals surface area contributed by atoms with Crippen molar-refractivity contribution >= 4 is 27.9 Å². The number of carbonyl (C=O) groups excluding carboxylic acids is 2. The molecule has 4 rings (SSSR count). The van der Waals surface area contributed by atoms with E-state index in [1.165, 1.54) is 6.92 Å². The van der Waals surface area contributed by atoms with E-state index in [4.69, 9.17) is 49.0 Å². The molecule has 263 valence electrons. The first-order valence-electron chi connectivity index (χ1n) is 13.4. The third-order valence-electron chi connectivity index (χ3n) is 5.04. The normalized spacial score (nSPS) is 13.9. The molecule has 0 saturated heterocycles. The molecule has 47 heavy (non-hydrogen) atoms. The van der Waals surface area contributed by atoms with Crippen LogP contribution >= 0.6 is 15.9 Å². The van der Waals surface area contributed by atoms with Crippen LogP contribution in [0.2, 0.25) is 0 Å². The third kappa shape index (κ3) is 16.7. The van der Waals surface area contributed by atoms with Crippen LogP contribution in [-0.2, 0) is 36.7 Å². The van der Waals surface area contributed by atoms with E-state index < -0.39 is 27.7 Å². The second-order valence-corrected chi connectivity index (χ2v) is 10.5. The molecule has 0 spiro atoms. The number of hydrogen-bond acceptors (Lipinski definition) is 14. The summed E-state index contributed by atoms with van der Waals surface area (Å²) in [6, 6.07) is 11.6. The van der Waals surface area contributed by atoms with Crippen molar-refractivity contribution < 1.29 is 80.6 Å². The van der Waals surface area contributed by atoms with Gasteiger partial charge in [-0.25, -0.2) is 9.59 Å². The number of esters is 2. The Morgan fingerprint density at radius 2 is 1.21 bits per heavy atom. The summed E-state index contributed by atoms with van der Waals surface area (Å²) in [7, 11) is 0. The first-order valence-corrected chi connectivity index (χ1v) is 14.5. The van der Waals surface area contributed by atoms with Crippen LogP contribution in [0.15, 0.2) is 36.4 Å². The summed E-state index contributed by atoms with van der Waals surface area (Å²) in [6.07, 6.45) is 1.29. The van der Waals surface area contributed by atoms with Crippen molar-refractivity contribution in [3.8, 4) is 29.1 Å². The van der Waals surface area contributed by atoms with Gasteiger partial charge in [0.1, 0.15) is 34.1 Å². The molecule has 0 unspecified atom stereocenters. The zero-order chi connectivity index (χ0) is 34.9. The van der Waals surface area contributed by atoms with Gasteiger partial charge in [-0.15, -0.1) is 20.2 Å². The number of carbonyl (C=O) groups is 2. The van der Waals surface area contributed by atoms with Gasteiger partial charge in [-0.05, 0) is 30.7 Å². The van der Waals surface area contributed by atoms with Crippen molar-refractivity contribution in [2.45, 2.75) is 59.0 Å². The largest absolute Gasteiger partial charge is 0.493 e. The molecule has 19 heteroatoms. The molecule has 0 fully saturated rings. The summed E-state index contributed by atoms with van der Waals surface area (Å²) in [5.74, 6) is -0.690. The van der Waals surface area contributed by atoms with Crippen LogP contribution in [-0.4, -0.2) is 64.0 Å². The van der Waals surface area contributed by atoms with Gasteiger partial charge in [-0.1, -0.05) is 15.9 Å². The van der Waals surface area contributed by atoms with Crippen LogP contribution in [0.25, 0.3) is 0 Å². The van der Waals surface area contributed by atoms with Crippen LogP contribution in [0.4, 0.5) is 0 Å². The van der Waals surface area contributed by atoms with Crippen LogP contribution in [0.3, 0.4) is 0 Å². The minimum Gasteiger partial charge on any atom is -0.493 e. The fraction of sp³-hybridized carbons (Fsp3) is 0.464. The molecule has 0 saturated carbocycles. The van der Waals surface area contributed by atoms with Gasteiger partial charge in [0, 0.05) is 80.9 Å². The minimum atomic E-state index is -1.50. The smallest absolute Gasteiger partial charge is 0.345 e. The van der Waals surface area contributed by atoms with Gasteiger partial charge < -0.3 is 38.5 Å². The number of nitriles is 1. The monoisotopic (exact) mass is 822 g/mol. The average Bonchev–Trinajstić information content (AvgIpc) is 2.92. The van der Waals surface area contributed by atoms with Crippen LogP contribution < -0.4 is 18.9 Å². The summed E-state index contributed by atoms with van der Waals surface area (Å²) in [6.45, 7) is 8.94. The molecule has 1 radical (unpaired) electrons. The Morgan fingerprint density at radius 1 is 0.830 bits per heavy atom. The van der Waals surface area contributed by atoms with E-state index in [9.17, 15) is 19.7 Å². The fourth-order valence-electron chi connectivity index (χ4n) is 3.45. The summed E-state index contributed by atoms with van der Waals surface area (Å²) in [5, 5.41) is 31.0. The van der Waals surface area contributed by atoms with Crippen molar-refractivity contribution in [1.29, 1.82) is 5.26 Å². The fourth-order valence-corrected chi connectivity index (χ4v) is 3.68. The zero-order valence-electron chi connectivity index (χ0n) is 26.0. The van der Waals surface area contributed by atoms with Crippen LogP contribution in [0.5, 0.6) is 23.0 Å². The predicted octanol–water partition coefficient (Wildman–Crippen LogP) is 5.26. The second kappa shape index (κ2) is 20.7. The number of rotatable bonds is 10. The summed E-state index contributed by atoms with van der Waals surface area (Å²) >= 11 is 3.34. The quantitative estimate of drug-likeness (QED) is 0.0804. The summed E-state index contributed by atoms with van der Waals surface area (Å²) in [4.78, 5) is 46.0. The Bertz CT molecular complexity index is 1400. The van der Waals surface area contributed by atoms with Gasteiger partial charge in [0.05, 0.1) is 25.9 Å². The van der Waals surface area contributed by atoms with E-state index in [1.54, 1.807) is 70.2 Å². The molecule has 1 N–H and O–H groups in total. The van der Waals surface area contributed by atoms with Gasteiger partial charge in [0.25, 0.3) is 10.2 Å². The van der Waals surface area contributed by atoms with Crippen molar-refractivity contribution in [3.63, 3.8) is 0 Å². The number of cyclic esters (lactones) is 2. The predicted molar refractivity (Wildman–Crippen MR) is 160 cm³/mol. The molecule has 17 nitrogen and oxygen atoms in total. The maximum Gasteiger partial charge on any atom is 0.345 e. The van der Waals surface area contributed by atoms with Crippen molar-refractivity contribution in [2.75, 3.05) is 25.2 Å². The van der Waals surface area contributed by atoms with Crippen LogP contribution in [0, 0.1) is 31.6 Å². The Morgan fingerprint density at radius 3 is 1.57 bits per heavy atom. The van der Waals surface area contributed by atoms with Crippen molar-refractivity contribution in [3.05, 3.63) is 67.8 Å². The molecular weight excluding hydrogens is 790 g/mol. The van der Waals surface area contributed by atoms with Gasteiger partial charge in [0.15, 0.2) is 0 Å². The maximum atomic E-state index is 11.8. The Balaban J connectivity index is 0.000000744. The van der Waals surface area contributed by atoms with E-state index in [-0.39, 0.29) is 41.6 Å². The SMILES string of the molecule is CC#N.CC1(C)OC(=O)c2ccc(OCCCBr)cc2O1.CC1(C)OC(=O)c2ccc(OCCCO[N+](=O)[O-])cc2O1.O=[N+]([O-])O.[Ag]. The molecule has 0 atom stereocenters. The number of alkyl halides is 1. The number of nitrogens with zero attached hydrogens (tertiary/aromatic N) is 3. The molecule has 2 heterocycles. The topological polar surface area (TPSA) is 229 Å². The number of fused-ring (bicyclic) bond motifs is 2. The summed E-state index contributed by atoms with van der Waals surface area (Å²) < 4.78 is 32.4. The third-order valence-corrected chi connectivity index (χ3v) is 5.60. The van der Waals surface area contributed by atoms with E-state index >= 15 is 0 Å². The first-order chi connectivity index (χ1) is 21.5. The molecule has 2 aliphatic heterocycles. The molecular formula is C28H34AgBrN3O14. The molecule has 0 amide bonds. The summed E-state index contributed by atoms with van der Waals surface area (Å²) in [5.41, 5.74) is 0.764. The van der Waals surface area contributed by atoms with Crippen LogP contribution in [0.1, 0.15) is 68.2 Å². The molecule has 2 aromatic carbocycles. The average molecular weight is 824 g/mol. The Kier molecular flexibility index (Phi) is 18.8. The minimum absolute atomic E-state index is 0.